The molecule has 0 aromatic rings. The summed E-state index contributed by atoms with van der Waals surface area (Å²) in [4.78, 5) is 11.0. The normalized spacial score (nSPS) is 13.0. The molecule has 0 aliphatic heterocycles. The van der Waals surface area contributed by atoms with E-state index < -0.39 is 19.0 Å². The molecule has 14 heavy (non-hydrogen) atoms. The molecule has 84 valence electrons. The van der Waals surface area contributed by atoms with E-state index in [0.717, 1.165) is 0 Å². The summed E-state index contributed by atoms with van der Waals surface area (Å²) in [7, 11) is 0. The highest BCUT2D eigenvalue weighted by Gasteiger charge is 2.28. The second-order valence-corrected chi connectivity index (χ2v) is 5.86. The molecule has 0 aliphatic rings. The summed E-state index contributed by atoms with van der Waals surface area (Å²) >= 11 is 1.38. The van der Waals surface area contributed by atoms with Gasteiger partial charge in [-0.15, -0.1) is 11.8 Å². The lowest BCUT2D eigenvalue weighted by Crippen LogP contribution is -2.15. The maximum Gasteiger partial charge on any atom is 0.389 e. The van der Waals surface area contributed by atoms with E-state index in [4.69, 9.17) is 0 Å². The Morgan fingerprint density at radius 2 is 1.71 bits per heavy atom. The summed E-state index contributed by atoms with van der Waals surface area (Å²) in [6, 6.07) is 0. The van der Waals surface area contributed by atoms with Gasteiger partial charge in [0.2, 0.25) is 0 Å². The van der Waals surface area contributed by atoms with Crippen LogP contribution in [0.5, 0.6) is 0 Å². The van der Waals surface area contributed by atoms with E-state index >= 15 is 0 Å². The lowest BCUT2D eigenvalue weighted by atomic mass is 10.2. The van der Waals surface area contributed by atoms with Crippen LogP contribution in [0, 0.1) is 0 Å². The molecule has 0 heterocycles. The van der Waals surface area contributed by atoms with Gasteiger partial charge in [0.25, 0.3) is 0 Å². The highest BCUT2D eigenvalue weighted by atomic mass is 32.2. The molecular weight excluding hydrogens is 213 g/mol. The third kappa shape index (κ3) is 9.89. The third-order valence-corrected chi connectivity index (χ3v) is 2.69. The van der Waals surface area contributed by atoms with Crippen LogP contribution in [0.15, 0.2) is 0 Å². The highest BCUT2D eigenvalue weighted by Crippen LogP contribution is 2.25. The molecule has 0 atom stereocenters. The van der Waals surface area contributed by atoms with Crippen LogP contribution in [-0.4, -0.2) is 22.5 Å². The van der Waals surface area contributed by atoms with Crippen molar-refractivity contribution in [1.29, 1.82) is 0 Å². The molecule has 0 N–H and O–H groups in total. The minimum absolute atomic E-state index is 0.0755. The molecule has 0 amide bonds. The van der Waals surface area contributed by atoms with Crippen LogP contribution in [0.4, 0.5) is 13.2 Å². The van der Waals surface area contributed by atoms with Gasteiger partial charge in [0.05, 0.1) is 12.2 Å². The number of thioether (sulfide) groups is 1. The van der Waals surface area contributed by atoms with E-state index in [-0.39, 0.29) is 16.3 Å². The highest BCUT2D eigenvalue weighted by molar-refractivity contribution is 8.01. The first-order chi connectivity index (χ1) is 6.10. The summed E-state index contributed by atoms with van der Waals surface area (Å²) < 4.78 is 35.1. The van der Waals surface area contributed by atoms with Gasteiger partial charge in [-0.3, -0.25) is 4.79 Å². The Labute approximate surface area is 86.4 Å². The Morgan fingerprint density at radius 1 is 1.21 bits per heavy atom. The van der Waals surface area contributed by atoms with E-state index in [1.165, 1.54) is 11.8 Å². The molecule has 0 radical (unpaired) electrons. The minimum Gasteiger partial charge on any atom is -0.299 e. The van der Waals surface area contributed by atoms with Crippen LogP contribution >= 0.6 is 11.8 Å². The number of hydrogen-bond acceptors (Lipinski definition) is 2. The number of halogens is 3. The first-order valence-electron chi connectivity index (χ1n) is 4.32. The number of ketones is 1. The van der Waals surface area contributed by atoms with Gasteiger partial charge in [-0.05, 0) is 0 Å². The molecule has 0 aliphatic carbocycles. The van der Waals surface area contributed by atoms with Gasteiger partial charge in [0.15, 0.2) is 0 Å². The van der Waals surface area contributed by atoms with E-state index in [9.17, 15) is 18.0 Å². The summed E-state index contributed by atoms with van der Waals surface area (Å²) in [5.74, 6) is -0.165. The van der Waals surface area contributed by atoms with Crippen LogP contribution in [0.25, 0.3) is 0 Å². The number of rotatable bonds is 4. The average molecular weight is 228 g/mol. The fourth-order valence-corrected chi connectivity index (χ4v) is 1.39. The molecule has 0 unspecified atom stereocenters. The van der Waals surface area contributed by atoms with Gasteiger partial charge >= 0.3 is 6.18 Å². The van der Waals surface area contributed by atoms with Crippen molar-refractivity contribution in [3.8, 4) is 0 Å². The van der Waals surface area contributed by atoms with E-state index in [1.807, 2.05) is 20.8 Å². The summed E-state index contributed by atoms with van der Waals surface area (Å²) in [6.07, 6.45) is -5.62. The maximum absolute atomic E-state index is 11.7. The number of carbonyl (C=O) groups is 1. The van der Waals surface area contributed by atoms with Crippen molar-refractivity contribution in [3.63, 3.8) is 0 Å². The lowest BCUT2D eigenvalue weighted by molar-refractivity contribution is -0.142. The Bertz CT molecular complexity index is 173. The van der Waals surface area contributed by atoms with Crippen molar-refractivity contribution in [2.75, 3.05) is 5.75 Å². The summed E-state index contributed by atoms with van der Waals surface area (Å²) in [6.45, 7) is 5.78. The zero-order valence-electron chi connectivity index (χ0n) is 8.57. The molecule has 0 aromatic heterocycles. The molecular formula is C9H15F3OS. The molecule has 1 nitrogen and oxygen atoms in total. The first-order valence-corrected chi connectivity index (χ1v) is 5.31. The average Bonchev–Trinajstić information content (AvgIpc) is 1.94. The van der Waals surface area contributed by atoms with Crippen LogP contribution in [-0.2, 0) is 4.79 Å². The van der Waals surface area contributed by atoms with Gasteiger partial charge < -0.3 is 0 Å². The topological polar surface area (TPSA) is 17.1 Å². The summed E-state index contributed by atoms with van der Waals surface area (Å²) in [5, 5.41) is 0. The largest absolute Gasteiger partial charge is 0.389 e. The van der Waals surface area contributed by atoms with Gasteiger partial charge in [-0.25, -0.2) is 0 Å². The van der Waals surface area contributed by atoms with Crippen molar-refractivity contribution < 1.29 is 18.0 Å². The zero-order chi connectivity index (χ0) is 11.4. The molecule has 0 bridgehead atoms. The van der Waals surface area contributed by atoms with Gasteiger partial charge in [0.1, 0.15) is 5.78 Å². The van der Waals surface area contributed by atoms with Crippen molar-refractivity contribution in [2.45, 2.75) is 44.5 Å². The fraction of sp³-hybridized carbons (Fsp3) is 0.889. The zero-order valence-corrected chi connectivity index (χ0v) is 9.39. The predicted octanol–water partition coefficient (Wildman–Crippen LogP) is 3.43. The van der Waals surface area contributed by atoms with Crippen LogP contribution in [0.2, 0.25) is 0 Å². The number of alkyl halides is 3. The minimum atomic E-state index is -4.22. The van der Waals surface area contributed by atoms with Crippen molar-refractivity contribution >= 4 is 17.5 Å². The Morgan fingerprint density at radius 3 is 2.07 bits per heavy atom. The molecule has 0 spiro atoms. The van der Waals surface area contributed by atoms with Crippen molar-refractivity contribution in [3.05, 3.63) is 0 Å². The standard InChI is InChI=1S/C9H15F3OS/c1-8(2,3)14-6-7(13)4-5-9(10,11)12/h4-6H2,1-3H3. The van der Waals surface area contributed by atoms with E-state index in [1.54, 1.807) is 0 Å². The van der Waals surface area contributed by atoms with Gasteiger partial charge in [-0.2, -0.15) is 13.2 Å². The molecule has 5 heteroatoms. The summed E-state index contributed by atoms with van der Waals surface area (Å²) in [5.41, 5.74) is 0. The van der Waals surface area contributed by atoms with Crippen molar-refractivity contribution in [1.82, 2.24) is 0 Å². The molecule has 0 fully saturated rings. The Kier molecular flexibility index (Phi) is 4.98. The molecule has 0 saturated carbocycles. The van der Waals surface area contributed by atoms with Crippen molar-refractivity contribution in [2.24, 2.45) is 0 Å². The Hall–Kier alpha value is -0.190. The predicted molar refractivity (Wildman–Crippen MR) is 52.5 cm³/mol. The van der Waals surface area contributed by atoms with Gasteiger partial charge in [0, 0.05) is 11.2 Å². The second-order valence-electron chi connectivity index (χ2n) is 4.05. The molecule has 0 saturated heterocycles. The van der Waals surface area contributed by atoms with Crippen LogP contribution in [0.3, 0.4) is 0 Å². The second kappa shape index (κ2) is 5.05. The monoisotopic (exact) mass is 228 g/mol. The number of hydrogen-bond donors (Lipinski definition) is 0. The molecule has 0 rings (SSSR count). The van der Waals surface area contributed by atoms with Crippen LogP contribution in [0.1, 0.15) is 33.6 Å². The number of Topliss-reactive ketones (excluding diaryl/α,β-unsaturated/α-hetero) is 1. The molecule has 0 aromatic carbocycles. The SMILES string of the molecule is CC(C)(C)SCC(=O)CCC(F)(F)F. The smallest absolute Gasteiger partial charge is 0.299 e. The quantitative estimate of drug-likeness (QED) is 0.733. The van der Waals surface area contributed by atoms with E-state index in [0.29, 0.717) is 0 Å². The maximum atomic E-state index is 11.7. The lowest BCUT2D eigenvalue weighted by Gasteiger charge is -2.16. The fourth-order valence-electron chi connectivity index (χ4n) is 0.650. The Balaban J connectivity index is 3.68. The van der Waals surface area contributed by atoms with Gasteiger partial charge in [-0.1, -0.05) is 20.8 Å². The number of carbonyl (C=O) groups excluding carboxylic acids is 1. The van der Waals surface area contributed by atoms with Crippen LogP contribution < -0.4 is 0 Å². The third-order valence-electron chi connectivity index (χ3n) is 1.35. The first kappa shape index (κ1) is 13.8. The van der Waals surface area contributed by atoms with E-state index in [2.05, 4.69) is 0 Å².